The van der Waals surface area contributed by atoms with Crippen molar-refractivity contribution in [2.24, 2.45) is 0 Å². The molecule has 0 aliphatic rings. The van der Waals surface area contributed by atoms with Crippen LogP contribution in [0, 0.1) is 0 Å². The Labute approximate surface area is 188 Å². The number of rotatable bonds is 8. The number of aromatic nitrogens is 5. The molecule has 2 N–H and O–H groups in total. The highest BCUT2D eigenvalue weighted by atomic mass is 35.5. The fraction of sp³-hybridized carbons (Fsp3) is 0.238. The van der Waals surface area contributed by atoms with E-state index in [2.05, 4.69) is 46.3 Å². The molecular formula is C21H21ClN6O2S. The minimum atomic E-state index is 0.215. The third kappa shape index (κ3) is 5.18. The number of thioether (sulfide) groups is 1. The molecule has 0 bridgehead atoms. The van der Waals surface area contributed by atoms with Crippen LogP contribution < -0.4 is 10.6 Å². The molecule has 0 saturated carbocycles. The monoisotopic (exact) mass is 456 g/mol. The van der Waals surface area contributed by atoms with Gasteiger partial charge in [0.2, 0.25) is 16.9 Å². The van der Waals surface area contributed by atoms with E-state index in [9.17, 15) is 0 Å². The van der Waals surface area contributed by atoms with Crippen LogP contribution in [0.3, 0.4) is 0 Å². The minimum Gasteiger partial charge on any atom is -0.486 e. The summed E-state index contributed by atoms with van der Waals surface area (Å²) in [6, 6.07) is 15.2. The van der Waals surface area contributed by atoms with Crippen LogP contribution in [0.25, 0.3) is 11.4 Å². The van der Waals surface area contributed by atoms with Gasteiger partial charge >= 0.3 is 0 Å². The van der Waals surface area contributed by atoms with Crippen molar-refractivity contribution in [2.75, 3.05) is 5.84 Å². The molecule has 10 heteroatoms. The summed E-state index contributed by atoms with van der Waals surface area (Å²) in [6.45, 7) is 4.52. The van der Waals surface area contributed by atoms with Crippen LogP contribution in [-0.2, 0) is 12.4 Å². The predicted octanol–water partition coefficient (Wildman–Crippen LogP) is 4.69. The van der Waals surface area contributed by atoms with Crippen LogP contribution in [0.1, 0.15) is 37.0 Å². The summed E-state index contributed by atoms with van der Waals surface area (Å²) in [7, 11) is 0. The lowest BCUT2D eigenvalue weighted by Gasteiger charge is -2.08. The van der Waals surface area contributed by atoms with Gasteiger partial charge in [-0.05, 0) is 47.9 Å². The van der Waals surface area contributed by atoms with E-state index < -0.39 is 0 Å². The quantitative estimate of drug-likeness (QED) is 0.300. The summed E-state index contributed by atoms with van der Waals surface area (Å²) in [5, 5.41) is 13.4. The van der Waals surface area contributed by atoms with Crippen molar-refractivity contribution in [1.29, 1.82) is 0 Å². The molecule has 2 aromatic carbocycles. The van der Waals surface area contributed by atoms with Crippen LogP contribution in [0.15, 0.2) is 58.2 Å². The van der Waals surface area contributed by atoms with Crippen molar-refractivity contribution in [3.8, 4) is 17.1 Å². The van der Waals surface area contributed by atoms with Crippen molar-refractivity contribution >= 4 is 23.4 Å². The number of nitrogen functional groups attached to an aromatic ring is 1. The molecule has 2 heterocycles. The van der Waals surface area contributed by atoms with E-state index in [-0.39, 0.29) is 6.61 Å². The van der Waals surface area contributed by atoms with Crippen LogP contribution in [0.5, 0.6) is 5.75 Å². The molecule has 4 aromatic rings. The average Bonchev–Trinajstić information content (AvgIpc) is 3.38. The Bertz CT molecular complexity index is 1140. The van der Waals surface area contributed by atoms with Gasteiger partial charge in [-0.1, -0.05) is 54.5 Å². The van der Waals surface area contributed by atoms with Gasteiger partial charge in [0.05, 0.1) is 5.75 Å². The Balaban J connectivity index is 1.34. The van der Waals surface area contributed by atoms with Crippen LogP contribution in [-0.4, -0.2) is 25.0 Å². The first kappa shape index (κ1) is 21.2. The van der Waals surface area contributed by atoms with Crippen molar-refractivity contribution in [1.82, 2.24) is 25.0 Å². The molecule has 0 aliphatic heterocycles. The maximum Gasteiger partial charge on any atom is 0.237 e. The molecule has 31 heavy (non-hydrogen) atoms. The lowest BCUT2D eigenvalue weighted by atomic mass is 10.0. The summed E-state index contributed by atoms with van der Waals surface area (Å²) >= 11 is 7.26. The van der Waals surface area contributed by atoms with E-state index in [1.165, 1.54) is 22.0 Å². The number of benzene rings is 2. The Morgan fingerprint density at radius 3 is 2.55 bits per heavy atom. The van der Waals surface area contributed by atoms with Crippen LogP contribution in [0.4, 0.5) is 0 Å². The van der Waals surface area contributed by atoms with E-state index in [1.807, 2.05) is 24.3 Å². The van der Waals surface area contributed by atoms with Crippen molar-refractivity contribution in [2.45, 2.75) is 37.3 Å². The summed E-state index contributed by atoms with van der Waals surface area (Å²) in [6.07, 6.45) is 0. The highest BCUT2D eigenvalue weighted by molar-refractivity contribution is 7.98. The normalized spacial score (nSPS) is 11.2. The molecule has 8 nitrogen and oxygen atoms in total. The molecule has 4 rings (SSSR count). The maximum absolute atomic E-state index is 6.12. The van der Waals surface area contributed by atoms with Gasteiger partial charge in [0.25, 0.3) is 0 Å². The molecule has 0 atom stereocenters. The molecule has 0 radical (unpaired) electrons. The van der Waals surface area contributed by atoms with Gasteiger partial charge in [0.15, 0.2) is 5.82 Å². The van der Waals surface area contributed by atoms with E-state index >= 15 is 0 Å². The number of halogens is 1. The maximum atomic E-state index is 6.12. The Hall–Kier alpha value is -3.04. The SMILES string of the molecule is CC(C)c1ccc(OCc2nnc(SCc3nc(-c4ccc(Cl)cc4)no3)n2N)cc1. The topological polar surface area (TPSA) is 105 Å². The molecule has 0 amide bonds. The molecule has 0 unspecified atom stereocenters. The van der Waals surface area contributed by atoms with Gasteiger partial charge in [0.1, 0.15) is 12.4 Å². The second kappa shape index (κ2) is 9.40. The zero-order valence-electron chi connectivity index (χ0n) is 17.0. The Kier molecular flexibility index (Phi) is 6.43. The van der Waals surface area contributed by atoms with E-state index in [0.717, 1.165) is 11.3 Å². The summed E-state index contributed by atoms with van der Waals surface area (Å²) in [5.41, 5.74) is 2.08. The number of hydrogen-bond donors (Lipinski definition) is 1. The number of hydrogen-bond acceptors (Lipinski definition) is 8. The summed E-state index contributed by atoms with van der Waals surface area (Å²) < 4.78 is 12.5. The lowest BCUT2D eigenvalue weighted by molar-refractivity contribution is 0.291. The fourth-order valence-electron chi connectivity index (χ4n) is 2.76. The van der Waals surface area contributed by atoms with E-state index in [0.29, 0.717) is 39.4 Å². The molecule has 0 saturated heterocycles. The number of nitrogens with zero attached hydrogens (tertiary/aromatic N) is 5. The zero-order valence-corrected chi connectivity index (χ0v) is 18.6. The number of ether oxygens (including phenoxy) is 1. The molecule has 0 fully saturated rings. The van der Waals surface area contributed by atoms with Crippen LogP contribution >= 0.6 is 23.4 Å². The van der Waals surface area contributed by atoms with Gasteiger partial charge in [-0.25, -0.2) is 4.68 Å². The van der Waals surface area contributed by atoms with Crippen LogP contribution in [0.2, 0.25) is 5.02 Å². The zero-order chi connectivity index (χ0) is 21.8. The minimum absolute atomic E-state index is 0.215. The number of nitrogens with two attached hydrogens (primary N) is 1. The van der Waals surface area contributed by atoms with Gasteiger partial charge in [-0.3, -0.25) is 0 Å². The first-order valence-corrected chi connectivity index (χ1v) is 11.0. The summed E-state index contributed by atoms with van der Waals surface area (Å²) in [4.78, 5) is 4.39. The van der Waals surface area contributed by atoms with E-state index in [1.54, 1.807) is 12.1 Å². The first-order chi connectivity index (χ1) is 15.0. The van der Waals surface area contributed by atoms with Crippen molar-refractivity contribution in [3.05, 3.63) is 70.8 Å². The van der Waals surface area contributed by atoms with Gasteiger partial charge in [-0.2, -0.15) is 4.98 Å². The second-order valence-electron chi connectivity index (χ2n) is 7.09. The molecule has 160 valence electrons. The average molecular weight is 457 g/mol. The van der Waals surface area contributed by atoms with E-state index in [4.69, 9.17) is 26.7 Å². The fourth-order valence-corrected chi connectivity index (χ4v) is 3.60. The standard InChI is InChI=1S/C21H21ClN6O2S/c1-13(2)14-5-9-17(10-6-14)29-11-18-25-26-21(28(18)23)31-12-19-24-20(27-30-19)15-3-7-16(22)8-4-15/h3-10,13H,11-12,23H2,1-2H3. The van der Waals surface area contributed by atoms with Gasteiger partial charge in [0, 0.05) is 10.6 Å². The first-order valence-electron chi connectivity index (χ1n) is 9.63. The third-order valence-corrected chi connectivity index (χ3v) is 5.72. The van der Waals surface area contributed by atoms with Gasteiger partial charge < -0.3 is 15.1 Å². The third-order valence-electron chi connectivity index (χ3n) is 4.55. The predicted molar refractivity (Wildman–Crippen MR) is 119 cm³/mol. The second-order valence-corrected chi connectivity index (χ2v) is 8.47. The van der Waals surface area contributed by atoms with Gasteiger partial charge in [-0.15, -0.1) is 10.2 Å². The summed E-state index contributed by atoms with van der Waals surface area (Å²) in [5.74, 6) is 9.23. The molecular weight excluding hydrogens is 436 g/mol. The Morgan fingerprint density at radius 1 is 1.10 bits per heavy atom. The highest BCUT2D eigenvalue weighted by Crippen LogP contribution is 2.24. The molecule has 0 spiro atoms. The Morgan fingerprint density at radius 2 is 1.84 bits per heavy atom. The lowest BCUT2D eigenvalue weighted by Crippen LogP contribution is -2.15. The molecule has 0 aliphatic carbocycles. The highest BCUT2D eigenvalue weighted by Gasteiger charge is 2.14. The molecule has 2 aromatic heterocycles. The smallest absolute Gasteiger partial charge is 0.237 e. The largest absolute Gasteiger partial charge is 0.486 e. The van der Waals surface area contributed by atoms with Crippen molar-refractivity contribution in [3.63, 3.8) is 0 Å². The van der Waals surface area contributed by atoms with Crippen molar-refractivity contribution < 1.29 is 9.26 Å².